The molecule has 2 rings (SSSR count). The van der Waals surface area contributed by atoms with Gasteiger partial charge in [-0.2, -0.15) is 0 Å². The highest BCUT2D eigenvalue weighted by Gasteiger charge is 2.15. The Morgan fingerprint density at radius 3 is 2.55 bits per heavy atom. The average Bonchev–Trinajstić information content (AvgIpc) is 2.55. The highest BCUT2D eigenvalue weighted by molar-refractivity contribution is 6.00. The molecule has 116 valence electrons. The first-order valence-electron chi connectivity index (χ1n) is 7.58. The number of hydrogen-bond acceptors (Lipinski definition) is 3. The number of hydrogen-bond donors (Lipinski definition) is 1. The van der Waals surface area contributed by atoms with Crippen molar-refractivity contribution >= 4 is 5.78 Å². The van der Waals surface area contributed by atoms with Crippen LogP contribution in [0.1, 0.15) is 28.4 Å². The number of Topliss-reactive ketones (excluding diaryl/α,β-unsaturated/α-hetero) is 1. The first kappa shape index (κ1) is 16.2. The topological polar surface area (TPSA) is 38.3 Å². The second kappa shape index (κ2) is 7.76. The second-order valence-corrected chi connectivity index (χ2v) is 5.46. The fourth-order valence-electron chi connectivity index (χ4n) is 2.45. The molecule has 2 aromatic carbocycles. The summed E-state index contributed by atoms with van der Waals surface area (Å²) in [6.45, 7) is 4.64. The molecule has 22 heavy (non-hydrogen) atoms. The molecule has 0 saturated heterocycles. The van der Waals surface area contributed by atoms with Crippen molar-refractivity contribution < 1.29 is 9.53 Å². The van der Waals surface area contributed by atoms with Gasteiger partial charge in [0.2, 0.25) is 0 Å². The van der Waals surface area contributed by atoms with Gasteiger partial charge in [0.05, 0.1) is 13.2 Å². The zero-order chi connectivity index (χ0) is 15.9. The van der Waals surface area contributed by atoms with Gasteiger partial charge in [-0.3, -0.25) is 4.79 Å². The molecule has 2 aromatic rings. The molecule has 0 heterocycles. The Bertz CT molecular complexity index is 623. The van der Waals surface area contributed by atoms with Crippen molar-refractivity contribution in [2.24, 2.45) is 0 Å². The molecule has 0 amide bonds. The molecular formula is C19H23NO2. The fraction of sp³-hybridized carbons (Fsp3) is 0.316. The van der Waals surface area contributed by atoms with Crippen LogP contribution < -0.4 is 10.1 Å². The van der Waals surface area contributed by atoms with Crippen molar-refractivity contribution in [3.8, 4) is 5.75 Å². The van der Waals surface area contributed by atoms with E-state index in [1.165, 1.54) is 5.56 Å². The highest BCUT2D eigenvalue weighted by Crippen LogP contribution is 2.19. The van der Waals surface area contributed by atoms with E-state index < -0.39 is 0 Å². The van der Waals surface area contributed by atoms with E-state index in [-0.39, 0.29) is 11.8 Å². The van der Waals surface area contributed by atoms with Crippen LogP contribution in [0.4, 0.5) is 0 Å². The smallest absolute Gasteiger partial charge is 0.179 e. The van der Waals surface area contributed by atoms with Gasteiger partial charge in [0.1, 0.15) is 5.75 Å². The predicted molar refractivity (Wildman–Crippen MR) is 89.7 cm³/mol. The van der Waals surface area contributed by atoms with Gasteiger partial charge in [-0.15, -0.1) is 0 Å². The fourth-order valence-corrected chi connectivity index (χ4v) is 2.45. The van der Waals surface area contributed by atoms with Crippen LogP contribution in [0.15, 0.2) is 48.5 Å². The minimum Gasteiger partial charge on any atom is -0.496 e. The van der Waals surface area contributed by atoms with E-state index in [0.29, 0.717) is 0 Å². The zero-order valence-corrected chi connectivity index (χ0v) is 13.4. The van der Waals surface area contributed by atoms with Gasteiger partial charge in [0.15, 0.2) is 5.78 Å². The molecule has 1 unspecified atom stereocenters. The summed E-state index contributed by atoms with van der Waals surface area (Å²) in [6.07, 6.45) is 0.917. The van der Waals surface area contributed by atoms with Crippen molar-refractivity contribution in [3.63, 3.8) is 0 Å². The highest BCUT2D eigenvalue weighted by atomic mass is 16.5. The van der Waals surface area contributed by atoms with Crippen molar-refractivity contribution in [3.05, 3.63) is 65.2 Å². The second-order valence-electron chi connectivity index (χ2n) is 5.46. The Labute approximate surface area is 132 Å². The van der Waals surface area contributed by atoms with Crippen molar-refractivity contribution in [2.75, 3.05) is 13.7 Å². The molecule has 0 saturated carbocycles. The van der Waals surface area contributed by atoms with E-state index in [1.54, 1.807) is 7.11 Å². The maximum Gasteiger partial charge on any atom is 0.179 e. The molecule has 0 spiro atoms. The number of aryl methyl sites for hydroxylation is 1. The molecule has 3 heteroatoms. The van der Waals surface area contributed by atoms with E-state index in [2.05, 4.69) is 17.4 Å². The standard InChI is InChI=1S/C19H23NO2/c1-14-13-17(9-10-18(14)22-3)19(21)15(2)20-12-11-16-7-5-4-6-8-16/h4-10,13,15,20H,11-12H2,1-3H3. The average molecular weight is 297 g/mol. The summed E-state index contributed by atoms with van der Waals surface area (Å²) < 4.78 is 5.23. The van der Waals surface area contributed by atoms with E-state index in [9.17, 15) is 4.79 Å². The largest absolute Gasteiger partial charge is 0.496 e. The van der Waals surface area contributed by atoms with Gasteiger partial charge in [0.25, 0.3) is 0 Å². The van der Waals surface area contributed by atoms with Crippen molar-refractivity contribution in [1.82, 2.24) is 5.32 Å². The lowest BCUT2D eigenvalue weighted by atomic mass is 10.0. The minimum atomic E-state index is -0.198. The van der Waals surface area contributed by atoms with Gasteiger partial charge >= 0.3 is 0 Å². The Morgan fingerprint density at radius 2 is 1.91 bits per heavy atom. The number of methoxy groups -OCH3 is 1. The van der Waals surface area contributed by atoms with Crippen molar-refractivity contribution in [1.29, 1.82) is 0 Å². The van der Waals surface area contributed by atoms with Gasteiger partial charge in [-0.05, 0) is 56.1 Å². The van der Waals surface area contributed by atoms with Crippen LogP contribution in [-0.4, -0.2) is 25.5 Å². The molecule has 0 aliphatic rings. The molecule has 1 N–H and O–H groups in total. The van der Waals surface area contributed by atoms with Gasteiger partial charge in [-0.25, -0.2) is 0 Å². The van der Waals surface area contributed by atoms with E-state index >= 15 is 0 Å². The van der Waals surface area contributed by atoms with Crippen LogP contribution in [0.3, 0.4) is 0 Å². The lowest BCUT2D eigenvalue weighted by Gasteiger charge is -2.14. The lowest BCUT2D eigenvalue weighted by Crippen LogP contribution is -2.35. The van der Waals surface area contributed by atoms with Crippen LogP contribution in [-0.2, 0) is 6.42 Å². The summed E-state index contributed by atoms with van der Waals surface area (Å²) >= 11 is 0. The molecule has 0 fully saturated rings. The third-order valence-electron chi connectivity index (χ3n) is 3.78. The van der Waals surface area contributed by atoms with Crippen molar-refractivity contribution in [2.45, 2.75) is 26.3 Å². The normalized spacial score (nSPS) is 12.0. The monoisotopic (exact) mass is 297 g/mol. The number of ether oxygens (including phenoxy) is 1. The van der Waals surface area contributed by atoms with Crippen LogP contribution in [0.5, 0.6) is 5.75 Å². The van der Waals surface area contributed by atoms with Gasteiger partial charge < -0.3 is 10.1 Å². The van der Waals surface area contributed by atoms with Crippen LogP contribution in [0.25, 0.3) is 0 Å². The lowest BCUT2D eigenvalue weighted by molar-refractivity contribution is 0.0951. The van der Waals surface area contributed by atoms with Crippen LogP contribution in [0, 0.1) is 6.92 Å². The number of carbonyl (C=O) groups excluding carboxylic acids is 1. The maximum atomic E-state index is 12.4. The number of rotatable bonds is 7. The van der Waals surface area contributed by atoms with Crippen LogP contribution >= 0.6 is 0 Å². The summed E-state index contributed by atoms with van der Waals surface area (Å²) in [6, 6.07) is 15.6. The predicted octanol–water partition coefficient (Wildman–Crippen LogP) is 3.41. The molecular weight excluding hydrogens is 274 g/mol. The first-order valence-corrected chi connectivity index (χ1v) is 7.58. The summed E-state index contributed by atoms with van der Waals surface area (Å²) in [5.41, 5.74) is 2.97. The third-order valence-corrected chi connectivity index (χ3v) is 3.78. The Kier molecular flexibility index (Phi) is 5.73. The molecule has 0 bridgehead atoms. The number of ketones is 1. The molecule has 0 aromatic heterocycles. The minimum absolute atomic E-state index is 0.110. The maximum absolute atomic E-state index is 12.4. The summed E-state index contributed by atoms with van der Waals surface area (Å²) in [5.74, 6) is 0.917. The number of carbonyl (C=O) groups is 1. The molecule has 0 aliphatic heterocycles. The third kappa shape index (κ3) is 4.18. The quantitative estimate of drug-likeness (QED) is 0.796. The van der Waals surface area contributed by atoms with Gasteiger partial charge in [-0.1, -0.05) is 30.3 Å². The summed E-state index contributed by atoms with van der Waals surface area (Å²) in [7, 11) is 1.64. The number of nitrogens with one attached hydrogen (secondary N) is 1. The van der Waals surface area contributed by atoms with E-state index in [1.807, 2.05) is 50.2 Å². The molecule has 0 aliphatic carbocycles. The van der Waals surface area contributed by atoms with E-state index in [0.717, 1.165) is 29.8 Å². The Balaban J connectivity index is 1.90. The molecule has 3 nitrogen and oxygen atoms in total. The Morgan fingerprint density at radius 1 is 1.18 bits per heavy atom. The molecule has 0 radical (unpaired) electrons. The summed E-state index contributed by atoms with van der Waals surface area (Å²) in [4.78, 5) is 12.4. The summed E-state index contributed by atoms with van der Waals surface area (Å²) in [5, 5.41) is 3.30. The van der Waals surface area contributed by atoms with E-state index in [4.69, 9.17) is 4.74 Å². The molecule has 1 atom stereocenters. The first-order chi connectivity index (χ1) is 10.6. The van der Waals surface area contributed by atoms with Crippen LogP contribution in [0.2, 0.25) is 0 Å². The SMILES string of the molecule is COc1ccc(C(=O)C(C)NCCc2ccccc2)cc1C. The zero-order valence-electron chi connectivity index (χ0n) is 13.4. The van der Waals surface area contributed by atoms with Gasteiger partial charge in [0, 0.05) is 5.56 Å². The number of benzene rings is 2. The Hall–Kier alpha value is -2.13.